The third-order valence-corrected chi connectivity index (χ3v) is 8.50. The van der Waals surface area contributed by atoms with E-state index in [0.717, 1.165) is 23.5 Å². The van der Waals surface area contributed by atoms with Crippen molar-refractivity contribution in [1.29, 1.82) is 0 Å². The lowest BCUT2D eigenvalue weighted by molar-refractivity contribution is 0.151. The van der Waals surface area contributed by atoms with Gasteiger partial charge in [0.25, 0.3) is 0 Å². The van der Waals surface area contributed by atoms with Gasteiger partial charge in [0.05, 0.1) is 11.0 Å². The summed E-state index contributed by atoms with van der Waals surface area (Å²) in [5.41, 5.74) is 2.49. The lowest BCUT2D eigenvalue weighted by atomic mass is 9.90. The van der Waals surface area contributed by atoms with Gasteiger partial charge in [-0.05, 0) is 69.2 Å². The van der Waals surface area contributed by atoms with Gasteiger partial charge in [-0.25, -0.2) is 4.98 Å². The highest BCUT2D eigenvalue weighted by Crippen LogP contribution is 2.35. The van der Waals surface area contributed by atoms with Gasteiger partial charge in [0.1, 0.15) is 5.82 Å². The molecule has 5 heteroatoms. The van der Waals surface area contributed by atoms with Gasteiger partial charge in [0, 0.05) is 42.6 Å². The molecule has 3 aliphatic rings. The van der Waals surface area contributed by atoms with Crippen LogP contribution in [0.3, 0.4) is 0 Å². The zero-order valence-electron chi connectivity index (χ0n) is 19.0. The number of likely N-dealkylation sites (tertiary alicyclic amines) is 1. The molecule has 0 spiro atoms. The second kappa shape index (κ2) is 10.4. The van der Waals surface area contributed by atoms with Gasteiger partial charge in [-0.2, -0.15) is 0 Å². The van der Waals surface area contributed by atoms with Crippen molar-refractivity contribution in [3.63, 3.8) is 0 Å². The van der Waals surface area contributed by atoms with Crippen molar-refractivity contribution >= 4 is 27.0 Å². The van der Waals surface area contributed by atoms with Gasteiger partial charge in [0.2, 0.25) is 0 Å². The van der Waals surface area contributed by atoms with Crippen molar-refractivity contribution in [3.05, 3.63) is 28.5 Å². The lowest BCUT2D eigenvalue weighted by Crippen LogP contribution is -2.38. The molecular formula is C26H39BrN4. The highest BCUT2D eigenvalue weighted by molar-refractivity contribution is 9.10. The van der Waals surface area contributed by atoms with E-state index in [1.807, 2.05) is 0 Å². The minimum absolute atomic E-state index is 0.549. The Kier molecular flexibility index (Phi) is 7.32. The molecule has 0 amide bonds. The number of halogens is 1. The first-order valence-electron chi connectivity index (χ1n) is 12.9. The van der Waals surface area contributed by atoms with E-state index in [0.29, 0.717) is 12.0 Å². The number of nitrogens with zero attached hydrogens (tertiary/aromatic N) is 3. The van der Waals surface area contributed by atoms with Gasteiger partial charge >= 0.3 is 0 Å². The van der Waals surface area contributed by atoms with E-state index in [-0.39, 0.29) is 0 Å². The van der Waals surface area contributed by atoms with Crippen LogP contribution in [0.25, 0.3) is 11.0 Å². The van der Waals surface area contributed by atoms with E-state index in [9.17, 15) is 0 Å². The molecular weight excluding hydrogens is 448 g/mol. The first-order chi connectivity index (χ1) is 15.3. The molecule has 170 valence electrons. The number of imidazole rings is 1. The molecule has 0 bridgehead atoms. The molecule has 1 saturated carbocycles. The molecule has 1 aliphatic carbocycles. The highest BCUT2D eigenvalue weighted by Gasteiger charge is 2.29. The molecule has 31 heavy (non-hydrogen) atoms. The van der Waals surface area contributed by atoms with Crippen LogP contribution in [-0.2, 0) is 0 Å². The minimum Gasteiger partial charge on any atom is -0.324 e. The zero-order valence-corrected chi connectivity index (χ0v) is 20.6. The van der Waals surface area contributed by atoms with Crippen LogP contribution in [0.2, 0.25) is 0 Å². The molecule has 1 atom stereocenters. The summed E-state index contributed by atoms with van der Waals surface area (Å²) >= 11 is 3.71. The van der Waals surface area contributed by atoms with Crippen LogP contribution in [0.5, 0.6) is 0 Å². The van der Waals surface area contributed by atoms with Gasteiger partial charge in [-0.15, -0.1) is 0 Å². The van der Waals surface area contributed by atoms with E-state index < -0.39 is 0 Å². The van der Waals surface area contributed by atoms with Gasteiger partial charge < -0.3 is 14.8 Å². The predicted octanol–water partition coefficient (Wildman–Crippen LogP) is 6.26. The van der Waals surface area contributed by atoms with Crippen LogP contribution in [0.1, 0.15) is 88.4 Å². The lowest BCUT2D eigenvalue weighted by Gasteiger charge is -2.36. The number of nitrogens with one attached hydrogen (secondary N) is 1. The quantitative estimate of drug-likeness (QED) is 0.552. The fourth-order valence-corrected chi connectivity index (χ4v) is 6.63. The molecule has 3 fully saturated rings. The fourth-order valence-electron chi connectivity index (χ4n) is 6.28. The number of rotatable bonds is 4. The molecule has 3 heterocycles. The van der Waals surface area contributed by atoms with Gasteiger partial charge in [0.15, 0.2) is 0 Å². The molecule has 4 nitrogen and oxygen atoms in total. The summed E-state index contributed by atoms with van der Waals surface area (Å²) in [7, 11) is 0. The Balaban J connectivity index is 1.31. The maximum Gasteiger partial charge on any atom is 0.114 e. The maximum atomic E-state index is 5.17. The summed E-state index contributed by atoms with van der Waals surface area (Å²) in [6, 6.07) is 7.22. The average molecular weight is 488 g/mol. The highest BCUT2D eigenvalue weighted by atomic mass is 79.9. The molecule has 1 aromatic heterocycles. The third kappa shape index (κ3) is 5.20. The van der Waals surface area contributed by atoms with E-state index >= 15 is 0 Å². The minimum atomic E-state index is 0.549. The van der Waals surface area contributed by atoms with Crippen LogP contribution >= 0.6 is 15.9 Å². The second-order valence-electron chi connectivity index (χ2n) is 10.3. The molecule has 1 aromatic carbocycles. The number of aromatic nitrogens is 2. The predicted molar refractivity (Wildman–Crippen MR) is 133 cm³/mol. The second-order valence-corrected chi connectivity index (χ2v) is 11.2. The van der Waals surface area contributed by atoms with Gasteiger partial charge in [-0.1, -0.05) is 48.0 Å². The Hall–Kier alpha value is -0.910. The van der Waals surface area contributed by atoms with Crippen LogP contribution < -0.4 is 5.32 Å². The van der Waals surface area contributed by atoms with Crippen molar-refractivity contribution in [2.45, 2.75) is 82.6 Å². The van der Waals surface area contributed by atoms with Crippen molar-refractivity contribution < 1.29 is 0 Å². The van der Waals surface area contributed by atoms with E-state index in [2.05, 4.69) is 48.9 Å². The summed E-state index contributed by atoms with van der Waals surface area (Å²) in [4.78, 5) is 7.95. The van der Waals surface area contributed by atoms with Crippen molar-refractivity contribution in [3.8, 4) is 0 Å². The van der Waals surface area contributed by atoms with Crippen LogP contribution in [0.15, 0.2) is 22.7 Å². The Bertz CT molecular complexity index is 840. The smallest absolute Gasteiger partial charge is 0.114 e. The molecule has 2 aromatic rings. The van der Waals surface area contributed by atoms with Gasteiger partial charge in [-0.3, -0.25) is 0 Å². The molecule has 5 rings (SSSR count). The monoisotopic (exact) mass is 486 g/mol. The summed E-state index contributed by atoms with van der Waals surface area (Å²) in [6.45, 7) is 6.06. The summed E-state index contributed by atoms with van der Waals surface area (Å²) in [5, 5.41) is 3.61. The normalized spacial score (nSPS) is 25.5. The molecule has 2 saturated heterocycles. The number of hydrogen-bond donors (Lipinski definition) is 1. The maximum absolute atomic E-state index is 5.17. The van der Waals surface area contributed by atoms with Crippen LogP contribution in [-0.4, -0.2) is 47.2 Å². The van der Waals surface area contributed by atoms with Crippen LogP contribution in [0.4, 0.5) is 0 Å². The number of hydrogen-bond acceptors (Lipinski definition) is 3. The summed E-state index contributed by atoms with van der Waals surface area (Å²) in [5.74, 6) is 2.82. The average Bonchev–Trinajstić information content (AvgIpc) is 3.15. The van der Waals surface area contributed by atoms with Crippen molar-refractivity contribution in [2.24, 2.45) is 5.92 Å². The number of piperidine rings is 2. The molecule has 1 unspecified atom stereocenters. The van der Waals surface area contributed by atoms with E-state index in [1.54, 1.807) is 0 Å². The summed E-state index contributed by atoms with van der Waals surface area (Å²) in [6.07, 6.45) is 15.3. The third-order valence-electron chi connectivity index (χ3n) is 8.00. The summed E-state index contributed by atoms with van der Waals surface area (Å²) < 4.78 is 3.81. The molecule has 1 N–H and O–H groups in total. The Morgan fingerprint density at radius 1 is 0.935 bits per heavy atom. The topological polar surface area (TPSA) is 33.1 Å². The first-order valence-corrected chi connectivity index (χ1v) is 13.7. The van der Waals surface area contributed by atoms with E-state index in [4.69, 9.17) is 4.98 Å². The Morgan fingerprint density at radius 2 is 1.71 bits per heavy atom. The Morgan fingerprint density at radius 3 is 2.45 bits per heavy atom. The van der Waals surface area contributed by atoms with Crippen LogP contribution in [0, 0.1) is 5.92 Å². The molecule has 2 aliphatic heterocycles. The van der Waals surface area contributed by atoms with Crippen molar-refractivity contribution in [1.82, 2.24) is 19.8 Å². The van der Waals surface area contributed by atoms with Crippen molar-refractivity contribution in [2.75, 3.05) is 32.7 Å². The number of fused-ring (bicyclic) bond motifs is 1. The standard InChI is InChI=1S/C26H39BrN4/c27-22-10-11-24-25(17-22)31(26(29-24)21-9-6-14-28-18-21)23-12-15-30(16-13-23)19-20-7-4-2-1-3-5-8-20/h10-11,17,20-21,23,28H,1-9,12-16,18-19H2. The van der Waals surface area contributed by atoms with E-state index in [1.165, 1.54) is 107 Å². The zero-order chi connectivity index (χ0) is 21.0. The fraction of sp³-hybridized carbons (Fsp3) is 0.731. The SMILES string of the molecule is Brc1ccc2nc(C3CCCNC3)n(C3CCN(CC4CCCCCCC4)CC3)c2c1. The number of benzene rings is 1. The first kappa shape index (κ1) is 21.9. The Labute approximate surface area is 196 Å². The molecule has 0 radical (unpaired) electrons. The largest absolute Gasteiger partial charge is 0.324 e.